The van der Waals surface area contributed by atoms with Gasteiger partial charge < -0.3 is 5.32 Å². The Hall–Kier alpha value is -0.350. The molecular formula is C10H15BrClN3. The van der Waals surface area contributed by atoms with E-state index in [1.807, 2.05) is 0 Å². The van der Waals surface area contributed by atoms with Gasteiger partial charge in [-0.3, -0.25) is 0 Å². The van der Waals surface area contributed by atoms with Gasteiger partial charge in [-0.2, -0.15) is 0 Å². The number of rotatable bonds is 5. The SMILES string of the molecule is CC(C)CC(CCl)Nc1ncc(Br)cn1. The van der Waals surface area contributed by atoms with E-state index in [2.05, 4.69) is 45.1 Å². The first-order valence-electron chi connectivity index (χ1n) is 4.92. The lowest BCUT2D eigenvalue weighted by molar-refractivity contribution is 0.540. The third-order valence-electron chi connectivity index (χ3n) is 1.90. The molecule has 5 heteroatoms. The van der Waals surface area contributed by atoms with E-state index >= 15 is 0 Å². The van der Waals surface area contributed by atoms with Gasteiger partial charge in [0.1, 0.15) is 0 Å². The number of hydrogen-bond donors (Lipinski definition) is 1. The standard InChI is InChI=1S/C10H15BrClN3/c1-7(2)3-9(4-12)15-10-13-5-8(11)6-14-10/h5-7,9H,3-4H2,1-2H3,(H,13,14,15). The normalized spacial score (nSPS) is 12.9. The molecule has 1 unspecified atom stereocenters. The van der Waals surface area contributed by atoms with Crippen LogP contribution in [0.25, 0.3) is 0 Å². The molecule has 0 aliphatic rings. The van der Waals surface area contributed by atoms with Gasteiger partial charge in [0.25, 0.3) is 0 Å². The first-order valence-corrected chi connectivity index (χ1v) is 6.24. The molecular weight excluding hydrogens is 277 g/mol. The number of hydrogen-bond acceptors (Lipinski definition) is 3. The lowest BCUT2D eigenvalue weighted by Crippen LogP contribution is -2.24. The molecule has 1 aromatic heterocycles. The van der Waals surface area contributed by atoms with E-state index < -0.39 is 0 Å². The van der Waals surface area contributed by atoms with Crippen LogP contribution in [0.15, 0.2) is 16.9 Å². The second kappa shape index (κ2) is 6.28. The fourth-order valence-electron chi connectivity index (χ4n) is 1.30. The fourth-order valence-corrected chi connectivity index (χ4v) is 1.71. The molecule has 0 aliphatic heterocycles. The second-order valence-corrected chi connectivity index (χ2v) is 5.07. The molecule has 0 radical (unpaired) electrons. The molecule has 15 heavy (non-hydrogen) atoms. The Bertz CT molecular complexity index is 289. The van der Waals surface area contributed by atoms with E-state index in [-0.39, 0.29) is 6.04 Å². The minimum atomic E-state index is 0.229. The van der Waals surface area contributed by atoms with Gasteiger partial charge in [0.2, 0.25) is 5.95 Å². The smallest absolute Gasteiger partial charge is 0.222 e. The molecule has 84 valence electrons. The summed E-state index contributed by atoms with van der Waals surface area (Å²) in [6.45, 7) is 4.34. The molecule has 0 aliphatic carbocycles. The molecule has 1 N–H and O–H groups in total. The first-order chi connectivity index (χ1) is 7.11. The predicted molar refractivity (Wildman–Crippen MR) is 67.3 cm³/mol. The number of halogens is 2. The van der Waals surface area contributed by atoms with Gasteiger partial charge in [0, 0.05) is 24.3 Å². The molecule has 1 aromatic rings. The van der Waals surface area contributed by atoms with Crippen molar-refractivity contribution in [2.75, 3.05) is 11.2 Å². The van der Waals surface area contributed by atoms with Gasteiger partial charge in [-0.15, -0.1) is 11.6 Å². The van der Waals surface area contributed by atoms with Gasteiger partial charge in [0.15, 0.2) is 0 Å². The number of nitrogens with one attached hydrogen (secondary N) is 1. The topological polar surface area (TPSA) is 37.8 Å². The zero-order valence-electron chi connectivity index (χ0n) is 8.87. The largest absolute Gasteiger partial charge is 0.350 e. The van der Waals surface area contributed by atoms with Crippen molar-refractivity contribution in [2.45, 2.75) is 26.3 Å². The van der Waals surface area contributed by atoms with Crippen LogP contribution < -0.4 is 5.32 Å². The Morgan fingerprint density at radius 2 is 2.00 bits per heavy atom. The monoisotopic (exact) mass is 291 g/mol. The van der Waals surface area contributed by atoms with Crippen molar-refractivity contribution in [2.24, 2.45) is 5.92 Å². The fraction of sp³-hybridized carbons (Fsp3) is 0.600. The number of aromatic nitrogens is 2. The highest BCUT2D eigenvalue weighted by Gasteiger charge is 2.10. The third-order valence-corrected chi connectivity index (χ3v) is 2.68. The van der Waals surface area contributed by atoms with Gasteiger partial charge in [-0.05, 0) is 28.3 Å². The number of alkyl halides is 1. The van der Waals surface area contributed by atoms with Crippen LogP contribution in [0.3, 0.4) is 0 Å². The lowest BCUT2D eigenvalue weighted by Gasteiger charge is -2.17. The average molecular weight is 293 g/mol. The maximum atomic E-state index is 5.87. The summed E-state index contributed by atoms with van der Waals surface area (Å²) in [5, 5.41) is 3.21. The molecule has 1 atom stereocenters. The van der Waals surface area contributed by atoms with Crippen LogP contribution in [0.2, 0.25) is 0 Å². The van der Waals surface area contributed by atoms with Gasteiger partial charge in [-0.25, -0.2) is 9.97 Å². The number of nitrogens with zero attached hydrogens (tertiary/aromatic N) is 2. The summed E-state index contributed by atoms with van der Waals surface area (Å²) >= 11 is 9.16. The van der Waals surface area contributed by atoms with Crippen LogP contribution in [0.4, 0.5) is 5.95 Å². The van der Waals surface area contributed by atoms with Crippen LogP contribution in [0, 0.1) is 5.92 Å². The number of anilines is 1. The van der Waals surface area contributed by atoms with E-state index in [4.69, 9.17) is 11.6 Å². The summed E-state index contributed by atoms with van der Waals surface area (Å²) in [6.07, 6.45) is 4.45. The Labute approximate surface area is 104 Å². The maximum Gasteiger partial charge on any atom is 0.222 e. The van der Waals surface area contributed by atoms with Crippen molar-refractivity contribution in [3.8, 4) is 0 Å². The van der Waals surface area contributed by atoms with E-state index in [1.54, 1.807) is 12.4 Å². The van der Waals surface area contributed by atoms with E-state index in [0.29, 0.717) is 17.7 Å². The molecule has 1 rings (SSSR count). The second-order valence-electron chi connectivity index (χ2n) is 3.85. The molecule has 0 spiro atoms. The minimum absolute atomic E-state index is 0.229. The van der Waals surface area contributed by atoms with Crippen molar-refractivity contribution in [1.82, 2.24) is 9.97 Å². The third kappa shape index (κ3) is 4.80. The molecule has 0 fully saturated rings. The summed E-state index contributed by atoms with van der Waals surface area (Å²) in [6, 6.07) is 0.229. The van der Waals surface area contributed by atoms with Crippen molar-refractivity contribution < 1.29 is 0 Å². The van der Waals surface area contributed by atoms with E-state index in [1.165, 1.54) is 0 Å². The Balaban J connectivity index is 2.54. The van der Waals surface area contributed by atoms with Gasteiger partial charge in [-0.1, -0.05) is 13.8 Å². The van der Waals surface area contributed by atoms with E-state index in [0.717, 1.165) is 10.9 Å². The lowest BCUT2D eigenvalue weighted by atomic mass is 10.1. The highest BCUT2D eigenvalue weighted by Crippen LogP contribution is 2.12. The van der Waals surface area contributed by atoms with E-state index in [9.17, 15) is 0 Å². The Morgan fingerprint density at radius 3 is 2.47 bits per heavy atom. The average Bonchev–Trinajstić information content (AvgIpc) is 2.19. The molecule has 3 nitrogen and oxygen atoms in total. The summed E-state index contributed by atoms with van der Waals surface area (Å²) in [7, 11) is 0. The Morgan fingerprint density at radius 1 is 1.40 bits per heavy atom. The van der Waals surface area contributed by atoms with Crippen molar-refractivity contribution in [3.05, 3.63) is 16.9 Å². The van der Waals surface area contributed by atoms with Crippen molar-refractivity contribution in [1.29, 1.82) is 0 Å². The highest BCUT2D eigenvalue weighted by atomic mass is 79.9. The quantitative estimate of drug-likeness (QED) is 0.846. The van der Waals surface area contributed by atoms with Crippen LogP contribution in [-0.2, 0) is 0 Å². The summed E-state index contributed by atoms with van der Waals surface area (Å²) in [4.78, 5) is 8.29. The van der Waals surface area contributed by atoms with Crippen LogP contribution in [-0.4, -0.2) is 21.9 Å². The van der Waals surface area contributed by atoms with Gasteiger partial charge in [0.05, 0.1) is 4.47 Å². The van der Waals surface area contributed by atoms with Crippen molar-refractivity contribution in [3.63, 3.8) is 0 Å². The molecule has 0 amide bonds. The zero-order chi connectivity index (χ0) is 11.3. The maximum absolute atomic E-state index is 5.87. The molecule has 1 heterocycles. The minimum Gasteiger partial charge on any atom is -0.350 e. The molecule has 0 aromatic carbocycles. The van der Waals surface area contributed by atoms with Crippen molar-refractivity contribution >= 4 is 33.5 Å². The van der Waals surface area contributed by atoms with Crippen LogP contribution in [0.5, 0.6) is 0 Å². The zero-order valence-corrected chi connectivity index (χ0v) is 11.2. The first kappa shape index (κ1) is 12.7. The highest BCUT2D eigenvalue weighted by molar-refractivity contribution is 9.10. The van der Waals surface area contributed by atoms with Crippen LogP contribution >= 0.6 is 27.5 Å². The summed E-state index contributed by atoms with van der Waals surface area (Å²) in [5.74, 6) is 1.80. The Kier molecular flexibility index (Phi) is 5.32. The van der Waals surface area contributed by atoms with Crippen LogP contribution in [0.1, 0.15) is 20.3 Å². The van der Waals surface area contributed by atoms with Gasteiger partial charge >= 0.3 is 0 Å². The predicted octanol–water partition coefficient (Wildman–Crippen LogP) is 3.30. The summed E-state index contributed by atoms with van der Waals surface area (Å²) in [5.41, 5.74) is 0. The summed E-state index contributed by atoms with van der Waals surface area (Å²) < 4.78 is 0.874. The molecule has 0 saturated heterocycles. The molecule has 0 saturated carbocycles. The molecule has 0 bridgehead atoms.